The van der Waals surface area contributed by atoms with Crippen LogP contribution in [0.5, 0.6) is 0 Å². The Labute approximate surface area is 82.1 Å². The van der Waals surface area contributed by atoms with Crippen molar-refractivity contribution in [3.8, 4) is 0 Å². The number of hydrogen-bond acceptors (Lipinski definition) is 4. The predicted octanol–water partition coefficient (Wildman–Crippen LogP) is -0.777. The van der Waals surface area contributed by atoms with E-state index in [1.165, 1.54) is 6.92 Å². The van der Waals surface area contributed by atoms with Crippen molar-refractivity contribution in [2.24, 2.45) is 5.73 Å². The van der Waals surface area contributed by atoms with Crippen LogP contribution in [0.25, 0.3) is 0 Å². The molecule has 76 valence electrons. The van der Waals surface area contributed by atoms with Crippen LogP contribution < -0.4 is 11.1 Å². The van der Waals surface area contributed by atoms with Crippen molar-refractivity contribution in [3.63, 3.8) is 0 Å². The minimum absolute atomic E-state index is 0.432. The molecule has 0 saturated heterocycles. The Morgan fingerprint density at radius 3 is 2.54 bits per heavy atom. The molecule has 6 heteroatoms. The van der Waals surface area contributed by atoms with E-state index in [0.29, 0.717) is 12.2 Å². The summed E-state index contributed by atoms with van der Waals surface area (Å²) in [5, 5.41) is 10.7. The number of carbonyl (C=O) groups excluding carboxylic acids is 1. The van der Waals surface area contributed by atoms with Gasteiger partial charge in [-0.05, 0) is 19.1 Å². The number of carboxylic acids is 1. The van der Waals surface area contributed by atoms with Crippen molar-refractivity contribution in [1.82, 2.24) is 5.32 Å². The minimum atomic E-state index is -1.08. The molecule has 0 saturated carbocycles. The Bertz CT molecular complexity index is 198. The Kier molecular flexibility index (Phi) is 5.48. The predicted molar refractivity (Wildman–Crippen MR) is 51.7 cm³/mol. The van der Waals surface area contributed by atoms with E-state index in [4.69, 9.17) is 10.8 Å². The van der Waals surface area contributed by atoms with Gasteiger partial charge in [0.05, 0.1) is 6.04 Å². The van der Waals surface area contributed by atoms with Gasteiger partial charge in [-0.2, -0.15) is 12.6 Å². The third kappa shape index (κ3) is 4.74. The van der Waals surface area contributed by atoms with Crippen LogP contribution >= 0.6 is 12.6 Å². The van der Waals surface area contributed by atoms with Crippen molar-refractivity contribution < 1.29 is 14.7 Å². The van der Waals surface area contributed by atoms with Gasteiger partial charge >= 0.3 is 5.97 Å². The molecule has 0 spiro atoms. The molecule has 0 bridgehead atoms. The number of rotatable bonds is 5. The van der Waals surface area contributed by atoms with Gasteiger partial charge in [-0.1, -0.05) is 0 Å². The number of nitrogens with one attached hydrogen (secondary N) is 1. The SMILES string of the molecule is C[C@@H](NC(=O)[C@@H](N)CCS)C(=O)O. The molecule has 0 radical (unpaired) electrons. The van der Waals surface area contributed by atoms with Gasteiger partial charge in [0, 0.05) is 0 Å². The van der Waals surface area contributed by atoms with Gasteiger partial charge < -0.3 is 16.2 Å². The highest BCUT2D eigenvalue weighted by atomic mass is 32.1. The summed E-state index contributed by atoms with van der Waals surface area (Å²) in [6.07, 6.45) is 0.432. The first-order chi connectivity index (χ1) is 5.99. The van der Waals surface area contributed by atoms with E-state index in [1.807, 2.05) is 0 Å². The molecule has 0 heterocycles. The van der Waals surface area contributed by atoms with Gasteiger partial charge in [0.1, 0.15) is 6.04 Å². The first kappa shape index (κ1) is 12.2. The fourth-order valence-corrected chi connectivity index (χ4v) is 0.931. The monoisotopic (exact) mass is 206 g/mol. The average molecular weight is 206 g/mol. The quantitative estimate of drug-likeness (QED) is 0.444. The normalized spacial score (nSPS) is 14.7. The molecular formula is C7H14N2O3S. The molecule has 4 N–H and O–H groups in total. The summed E-state index contributed by atoms with van der Waals surface area (Å²) in [7, 11) is 0. The van der Waals surface area contributed by atoms with Crippen molar-refractivity contribution in [2.45, 2.75) is 25.4 Å². The van der Waals surface area contributed by atoms with Crippen molar-refractivity contribution in [2.75, 3.05) is 5.75 Å². The summed E-state index contributed by atoms with van der Waals surface area (Å²) in [5.41, 5.74) is 5.42. The molecule has 5 nitrogen and oxygen atoms in total. The molecule has 0 aromatic carbocycles. The second kappa shape index (κ2) is 5.82. The Balaban J connectivity index is 3.92. The molecule has 0 aromatic rings. The summed E-state index contributed by atoms with van der Waals surface area (Å²) < 4.78 is 0. The molecule has 0 rings (SSSR count). The largest absolute Gasteiger partial charge is 0.480 e. The maximum Gasteiger partial charge on any atom is 0.325 e. The summed E-state index contributed by atoms with van der Waals surface area (Å²) in [6.45, 7) is 1.38. The molecule has 1 amide bonds. The standard InChI is InChI=1S/C7H14N2O3S/c1-4(7(11)12)9-6(10)5(8)2-3-13/h4-5,13H,2-3,8H2,1H3,(H,9,10)(H,11,12)/t4-,5+/m1/s1. The Hall–Kier alpha value is -0.750. The number of amides is 1. The van der Waals surface area contributed by atoms with Crippen LogP contribution in [0.15, 0.2) is 0 Å². The van der Waals surface area contributed by atoms with Crippen LogP contribution in [0, 0.1) is 0 Å². The van der Waals surface area contributed by atoms with Gasteiger partial charge in [-0.15, -0.1) is 0 Å². The third-order valence-electron chi connectivity index (χ3n) is 1.51. The molecule has 0 unspecified atom stereocenters. The fourth-order valence-electron chi connectivity index (χ4n) is 0.652. The van der Waals surface area contributed by atoms with Gasteiger partial charge in [0.15, 0.2) is 0 Å². The second-order valence-corrected chi connectivity index (χ2v) is 3.13. The molecule has 0 aliphatic heterocycles. The molecule has 13 heavy (non-hydrogen) atoms. The summed E-state index contributed by atoms with van der Waals surface area (Å²) >= 11 is 3.91. The fraction of sp³-hybridized carbons (Fsp3) is 0.714. The topological polar surface area (TPSA) is 92.4 Å². The lowest BCUT2D eigenvalue weighted by molar-refractivity contribution is -0.141. The smallest absolute Gasteiger partial charge is 0.325 e. The lowest BCUT2D eigenvalue weighted by Crippen LogP contribution is -2.47. The second-order valence-electron chi connectivity index (χ2n) is 2.69. The van der Waals surface area contributed by atoms with Gasteiger partial charge in [-0.3, -0.25) is 9.59 Å². The van der Waals surface area contributed by atoms with E-state index in [0.717, 1.165) is 0 Å². The first-order valence-electron chi connectivity index (χ1n) is 3.88. The van der Waals surface area contributed by atoms with E-state index in [9.17, 15) is 9.59 Å². The molecule has 0 fully saturated rings. The van der Waals surface area contributed by atoms with Crippen LogP contribution in [0.4, 0.5) is 0 Å². The van der Waals surface area contributed by atoms with Gasteiger partial charge in [-0.25, -0.2) is 0 Å². The molecule has 0 aliphatic rings. The summed E-state index contributed by atoms with van der Waals surface area (Å²) in [5.74, 6) is -1.04. The van der Waals surface area contributed by atoms with Gasteiger partial charge in [0.2, 0.25) is 5.91 Å². The van der Waals surface area contributed by atoms with Crippen molar-refractivity contribution >= 4 is 24.5 Å². The third-order valence-corrected chi connectivity index (χ3v) is 1.76. The van der Waals surface area contributed by atoms with E-state index in [1.54, 1.807) is 0 Å². The Morgan fingerprint density at radius 1 is 1.62 bits per heavy atom. The maximum atomic E-state index is 11.1. The van der Waals surface area contributed by atoms with Crippen molar-refractivity contribution in [3.05, 3.63) is 0 Å². The number of thiol groups is 1. The molecule has 0 aromatic heterocycles. The molecular weight excluding hydrogens is 192 g/mol. The summed E-state index contributed by atoms with van der Waals surface area (Å²) in [6, 6.07) is -1.59. The van der Waals surface area contributed by atoms with Crippen LogP contribution in [0.3, 0.4) is 0 Å². The van der Waals surface area contributed by atoms with Crippen LogP contribution in [0.2, 0.25) is 0 Å². The van der Waals surface area contributed by atoms with Crippen LogP contribution in [-0.4, -0.2) is 34.8 Å². The van der Waals surface area contributed by atoms with E-state index in [-0.39, 0.29) is 0 Å². The number of hydrogen-bond donors (Lipinski definition) is 4. The zero-order valence-electron chi connectivity index (χ0n) is 7.36. The van der Waals surface area contributed by atoms with Crippen LogP contribution in [0.1, 0.15) is 13.3 Å². The van der Waals surface area contributed by atoms with E-state index in [2.05, 4.69) is 17.9 Å². The number of aliphatic carboxylic acids is 1. The highest BCUT2D eigenvalue weighted by molar-refractivity contribution is 7.80. The number of nitrogens with two attached hydrogens (primary N) is 1. The van der Waals surface area contributed by atoms with Crippen LogP contribution in [-0.2, 0) is 9.59 Å². The van der Waals surface area contributed by atoms with E-state index < -0.39 is 24.0 Å². The Morgan fingerprint density at radius 2 is 2.15 bits per heavy atom. The zero-order chi connectivity index (χ0) is 10.4. The maximum absolute atomic E-state index is 11.1. The highest BCUT2D eigenvalue weighted by Crippen LogP contribution is 1.92. The lowest BCUT2D eigenvalue weighted by atomic mass is 10.2. The lowest BCUT2D eigenvalue weighted by Gasteiger charge is -2.13. The van der Waals surface area contributed by atoms with E-state index >= 15 is 0 Å². The summed E-state index contributed by atoms with van der Waals surface area (Å²) in [4.78, 5) is 21.5. The molecule has 2 atom stereocenters. The van der Waals surface area contributed by atoms with Crippen molar-refractivity contribution in [1.29, 1.82) is 0 Å². The average Bonchev–Trinajstić information content (AvgIpc) is 2.04. The minimum Gasteiger partial charge on any atom is -0.480 e. The first-order valence-corrected chi connectivity index (χ1v) is 4.52. The number of carboxylic acid groups (broad SMARTS) is 1. The molecule has 0 aliphatic carbocycles. The zero-order valence-corrected chi connectivity index (χ0v) is 8.25. The number of carbonyl (C=O) groups is 2. The van der Waals surface area contributed by atoms with Gasteiger partial charge in [0.25, 0.3) is 0 Å². The highest BCUT2D eigenvalue weighted by Gasteiger charge is 2.18.